The first-order valence-electron chi connectivity index (χ1n) is 16.8. The zero-order valence-corrected chi connectivity index (χ0v) is 29.2. The highest BCUT2D eigenvalue weighted by Crippen LogP contribution is 2.20. The second kappa shape index (κ2) is 17.8. The summed E-state index contributed by atoms with van der Waals surface area (Å²) in [6.45, 7) is 5.67. The molecule has 0 saturated heterocycles. The largest absolute Gasteiger partial charge is 0.497 e. The second-order valence-electron chi connectivity index (χ2n) is 12.8. The number of para-hydroxylation sites is 1. The molecule has 3 aromatic carbocycles. The van der Waals surface area contributed by atoms with Gasteiger partial charge in [0.1, 0.15) is 36.2 Å². The van der Waals surface area contributed by atoms with Crippen LogP contribution in [-0.2, 0) is 32.0 Å². The minimum atomic E-state index is -1.27. The van der Waals surface area contributed by atoms with Crippen molar-refractivity contribution in [3.05, 3.63) is 95.6 Å². The number of hydrogen-bond acceptors (Lipinski definition) is 7. The van der Waals surface area contributed by atoms with Gasteiger partial charge < -0.3 is 35.6 Å². The van der Waals surface area contributed by atoms with Gasteiger partial charge in [-0.05, 0) is 54.7 Å². The zero-order chi connectivity index (χ0) is 36.2. The molecule has 0 spiro atoms. The fourth-order valence-electron chi connectivity index (χ4n) is 5.58. The maximum absolute atomic E-state index is 14.0. The van der Waals surface area contributed by atoms with Crippen molar-refractivity contribution >= 4 is 29.5 Å². The number of hydrogen-bond donors (Lipinski definition) is 4. The van der Waals surface area contributed by atoms with Gasteiger partial charge in [0.05, 0.1) is 25.1 Å². The first kappa shape index (κ1) is 37.4. The van der Waals surface area contributed by atoms with E-state index in [9.17, 15) is 24.0 Å². The predicted molar refractivity (Wildman–Crippen MR) is 189 cm³/mol. The third kappa shape index (κ3) is 10.3. The molecule has 0 bridgehead atoms. The fraction of sp³-hybridized carbons (Fsp3) is 0.395. The highest BCUT2D eigenvalue weighted by Gasteiger charge is 2.35. The molecule has 0 radical (unpaired) electrons. The summed E-state index contributed by atoms with van der Waals surface area (Å²) in [5, 5.41) is 11.3. The summed E-state index contributed by atoms with van der Waals surface area (Å²) in [5.74, 6) is -1.98. The van der Waals surface area contributed by atoms with E-state index in [0.29, 0.717) is 12.2 Å². The molecule has 5 amide bonds. The van der Waals surface area contributed by atoms with E-state index in [-0.39, 0.29) is 36.8 Å². The number of carbonyl (C=O) groups is 5. The third-order valence-electron chi connectivity index (χ3n) is 8.56. The van der Waals surface area contributed by atoms with Gasteiger partial charge >= 0.3 is 0 Å². The number of nitrogens with one attached hydrogen (secondary N) is 4. The highest BCUT2D eigenvalue weighted by atomic mass is 16.5. The lowest BCUT2D eigenvalue weighted by molar-refractivity contribution is -0.141. The van der Waals surface area contributed by atoms with Crippen molar-refractivity contribution in [2.45, 2.75) is 64.2 Å². The minimum Gasteiger partial charge on any atom is -0.497 e. The number of fused-ring (bicyclic) bond motifs is 1. The predicted octanol–water partition coefficient (Wildman–Crippen LogP) is 2.65. The smallest absolute Gasteiger partial charge is 0.255 e. The minimum absolute atomic E-state index is 0.0297. The molecular formula is C38H47N5O7. The average Bonchev–Trinajstić information content (AvgIpc) is 3.11. The number of carbonyl (C=O) groups excluding carboxylic acids is 5. The van der Waals surface area contributed by atoms with E-state index < -0.39 is 60.1 Å². The average molecular weight is 686 g/mol. The van der Waals surface area contributed by atoms with Crippen LogP contribution in [0.2, 0.25) is 0 Å². The maximum Gasteiger partial charge on any atom is 0.255 e. The lowest BCUT2D eigenvalue weighted by atomic mass is 9.99. The Balaban J connectivity index is 1.65. The number of benzene rings is 3. The van der Waals surface area contributed by atoms with E-state index in [4.69, 9.17) is 9.47 Å². The van der Waals surface area contributed by atoms with E-state index in [1.807, 2.05) is 68.4 Å². The Morgan fingerprint density at radius 3 is 2.26 bits per heavy atom. The van der Waals surface area contributed by atoms with Gasteiger partial charge in [-0.2, -0.15) is 0 Å². The van der Waals surface area contributed by atoms with Gasteiger partial charge in [0.25, 0.3) is 5.91 Å². The van der Waals surface area contributed by atoms with Crippen LogP contribution >= 0.6 is 0 Å². The lowest BCUT2D eigenvalue weighted by Crippen LogP contribution is -2.58. The van der Waals surface area contributed by atoms with Gasteiger partial charge in [-0.1, -0.05) is 68.4 Å². The summed E-state index contributed by atoms with van der Waals surface area (Å²) < 4.78 is 11.2. The Bertz CT molecular complexity index is 1630. The molecule has 12 nitrogen and oxygen atoms in total. The Labute approximate surface area is 293 Å². The molecule has 4 N–H and O–H groups in total. The van der Waals surface area contributed by atoms with E-state index in [1.165, 1.54) is 11.9 Å². The van der Waals surface area contributed by atoms with E-state index >= 15 is 0 Å². The molecule has 1 aliphatic heterocycles. The summed E-state index contributed by atoms with van der Waals surface area (Å²) in [6, 6.07) is 19.5. The van der Waals surface area contributed by atoms with Crippen molar-refractivity contribution in [2.75, 3.05) is 27.3 Å². The van der Waals surface area contributed by atoms with Crippen molar-refractivity contribution < 1.29 is 33.4 Å². The summed E-state index contributed by atoms with van der Waals surface area (Å²) >= 11 is 0. The van der Waals surface area contributed by atoms with Crippen molar-refractivity contribution in [1.29, 1.82) is 0 Å². The molecular weight excluding hydrogens is 638 g/mol. The molecule has 12 heteroatoms. The molecule has 3 aromatic rings. The molecule has 0 aliphatic carbocycles. The molecule has 1 heterocycles. The molecule has 0 aromatic heterocycles. The van der Waals surface area contributed by atoms with Gasteiger partial charge in [0.15, 0.2) is 0 Å². The molecule has 0 unspecified atom stereocenters. The summed E-state index contributed by atoms with van der Waals surface area (Å²) in [5.41, 5.74) is 1.92. The van der Waals surface area contributed by atoms with E-state index in [1.54, 1.807) is 38.3 Å². The SMILES string of the molecule is COc1ccc(CCNC(=O)[C@@H]2CC(=O)N(C)[C@@H](Cc3ccccc3)C(=O)N[C@H](C(C)C)C(=O)N[C@@H](C)COc3ccccc3C(=O)N2)cc1. The van der Waals surface area contributed by atoms with Crippen LogP contribution in [0, 0.1) is 5.92 Å². The Hall–Kier alpha value is -5.39. The van der Waals surface area contributed by atoms with Crippen LogP contribution in [0.15, 0.2) is 78.9 Å². The molecule has 4 atom stereocenters. The first-order chi connectivity index (χ1) is 24.0. The molecule has 266 valence electrons. The number of nitrogens with zero attached hydrogens (tertiary/aromatic N) is 1. The number of rotatable bonds is 8. The molecule has 0 saturated carbocycles. The van der Waals surface area contributed by atoms with Gasteiger partial charge in [0, 0.05) is 20.0 Å². The number of amides is 5. The maximum atomic E-state index is 14.0. The third-order valence-corrected chi connectivity index (χ3v) is 8.56. The molecule has 0 fully saturated rings. The Morgan fingerprint density at radius 2 is 1.58 bits per heavy atom. The van der Waals surface area contributed by atoms with Crippen LogP contribution in [0.5, 0.6) is 11.5 Å². The lowest BCUT2D eigenvalue weighted by Gasteiger charge is -2.31. The normalized spacial score (nSPS) is 20.8. The van der Waals surface area contributed by atoms with Gasteiger partial charge in [-0.3, -0.25) is 24.0 Å². The first-order valence-corrected chi connectivity index (χ1v) is 16.8. The van der Waals surface area contributed by atoms with Crippen LogP contribution < -0.4 is 30.7 Å². The van der Waals surface area contributed by atoms with Gasteiger partial charge in [-0.15, -0.1) is 0 Å². The molecule has 1 aliphatic rings. The molecule has 50 heavy (non-hydrogen) atoms. The van der Waals surface area contributed by atoms with E-state index in [0.717, 1.165) is 11.1 Å². The quantitative estimate of drug-likeness (QED) is 0.284. The van der Waals surface area contributed by atoms with Crippen molar-refractivity contribution in [2.24, 2.45) is 5.92 Å². The van der Waals surface area contributed by atoms with Crippen molar-refractivity contribution in [3.8, 4) is 11.5 Å². The zero-order valence-electron chi connectivity index (χ0n) is 29.2. The summed E-state index contributed by atoms with van der Waals surface area (Å²) in [7, 11) is 3.07. The standard InChI is InChI=1S/C38H47N5O7/c1-24(2)34-38(48)40-25(3)23-50-32-14-10-9-13-29(32)35(45)41-30(36(46)39-20-19-26-15-17-28(49-5)18-16-26)22-33(44)43(4)31(37(47)42-34)21-27-11-7-6-8-12-27/h6-18,24-25,30-31,34H,19-23H2,1-5H3,(H,39,46)(H,40,48)(H,41,45)(H,42,47)/t25-,30-,31-,34+/m0/s1. The Morgan fingerprint density at radius 1 is 0.900 bits per heavy atom. The van der Waals surface area contributed by atoms with Crippen LogP contribution in [0.4, 0.5) is 0 Å². The van der Waals surface area contributed by atoms with Crippen molar-refractivity contribution in [1.82, 2.24) is 26.2 Å². The van der Waals surface area contributed by atoms with Crippen LogP contribution in [0.3, 0.4) is 0 Å². The van der Waals surface area contributed by atoms with Crippen molar-refractivity contribution in [3.63, 3.8) is 0 Å². The summed E-state index contributed by atoms with van der Waals surface area (Å²) in [4.78, 5) is 69.9. The van der Waals surface area contributed by atoms with Crippen LogP contribution in [-0.4, -0.2) is 85.9 Å². The molecule has 4 rings (SSSR count). The van der Waals surface area contributed by atoms with Gasteiger partial charge in [0.2, 0.25) is 23.6 Å². The fourth-order valence-corrected chi connectivity index (χ4v) is 5.58. The number of methoxy groups -OCH3 is 1. The number of likely N-dealkylation sites (N-methyl/N-ethyl adjacent to an activating group) is 1. The van der Waals surface area contributed by atoms with E-state index in [2.05, 4.69) is 21.3 Å². The highest BCUT2D eigenvalue weighted by molar-refractivity contribution is 6.01. The Kier molecular flexibility index (Phi) is 13.4. The monoisotopic (exact) mass is 685 g/mol. The topological polar surface area (TPSA) is 155 Å². The van der Waals surface area contributed by atoms with Crippen LogP contribution in [0.1, 0.15) is 48.7 Å². The number of ether oxygens (including phenoxy) is 2. The summed E-state index contributed by atoms with van der Waals surface area (Å²) in [6.07, 6.45) is 0.232. The second-order valence-corrected chi connectivity index (χ2v) is 12.8. The van der Waals surface area contributed by atoms with Crippen LogP contribution in [0.25, 0.3) is 0 Å². The van der Waals surface area contributed by atoms with Gasteiger partial charge in [-0.25, -0.2) is 0 Å².